The summed E-state index contributed by atoms with van der Waals surface area (Å²) < 4.78 is 12.3. The van der Waals surface area contributed by atoms with Crippen molar-refractivity contribution in [3.63, 3.8) is 0 Å². The zero-order valence-corrected chi connectivity index (χ0v) is 23.7. The molecule has 1 aliphatic rings. The van der Waals surface area contributed by atoms with Crippen LogP contribution in [-0.2, 0) is 11.2 Å². The van der Waals surface area contributed by atoms with Crippen molar-refractivity contribution in [3.05, 3.63) is 23.3 Å². The zero-order valence-electron chi connectivity index (χ0n) is 23.7. The van der Waals surface area contributed by atoms with Crippen molar-refractivity contribution in [3.8, 4) is 11.5 Å². The number of hydrogen-bond donors (Lipinski definition) is 0. The van der Waals surface area contributed by atoms with Crippen LogP contribution in [0.2, 0.25) is 0 Å². The van der Waals surface area contributed by atoms with Gasteiger partial charge < -0.3 is 9.47 Å². The molecule has 1 aromatic rings. The minimum absolute atomic E-state index is 0.0817. The third kappa shape index (κ3) is 11.4. The van der Waals surface area contributed by atoms with Gasteiger partial charge in [0.1, 0.15) is 17.1 Å². The number of esters is 1. The molecule has 1 heterocycles. The fourth-order valence-electron chi connectivity index (χ4n) is 5.42. The van der Waals surface area contributed by atoms with Crippen molar-refractivity contribution in [1.82, 2.24) is 0 Å². The van der Waals surface area contributed by atoms with Crippen molar-refractivity contribution < 1.29 is 14.3 Å². The summed E-state index contributed by atoms with van der Waals surface area (Å²) in [6, 6.07) is 4.27. The van der Waals surface area contributed by atoms with Gasteiger partial charge in [-0.1, -0.05) is 104 Å². The molecule has 2 rings (SSSR count). The van der Waals surface area contributed by atoms with E-state index in [0.29, 0.717) is 12.3 Å². The van der Waals surface area contributed by atoms with Crippen molar-refractivity contribution in [1.29, 1.82) is 0 Å². The average Bonchev–Trinajstić information content (AvgIpc) is 2.80. The average molecular weight is 487 g/mol. The Morgan fingerprint density at radius 1 is 0.857 bits per heavy atom. The fourth-order valence-corrected chi connectivity index (χ4v) is 5.42. The van der Waals surface area contributed by atoms with E-state index >= 15 is 0 Å². The molecule has 0 bridgehead atoms. The highest BCUT2D eigenvalue weighted by atomic mass is 16.5. The Morgan fingerprint density at radius 3 is 2.00 bits per heavy atom. The quantitative estimate of drug-likeness (QED) is 0.118. The standard InChI is InChI=1S/C32H54O3/c1-6-8-10-12-14-15-16-18-20-22-31(33)34-29-24-28-26(3)25-32(4,5)35-30(28)23-27(29)21-19-17-13-11-9-7-2/h23-24,26H,6-22,25H2,1-5H3. The molecule has 35 heavy (non-hydrogen) atoms. The Morgan fingerprint density at radius 2 is 1.40 bits per heavy atom. The maximum Gasteiger partial charge on any atom is 0.311 e. The van der Waals surface area contributed by atoms with Crippen LogP contribution in [-0.4, -0.2) is 11.6 Å². The summed E-state index contributed by atoms with van der Waals surface area (Å²) in [6.07, 6.45) is 21.3. The number of ether oxygens (including phenoxy) is 2. The van der Waals surface area contributed by atoms with E-state index in [2.05, 4.69) is 46.8 Å². The molecule has 1 atom stereocenters. The monoisotopic (exact) mass is 486 g/mol. The summed E-state index contributed by atoms with van der Waals surface area (Å²) in [5.41, 5.74) is 2.16. The molecule has 1 aromatic carbocycles. The Hall–Kier alpha value is -1.51. The van der Waals surface area contributed by atoms with Gasteiger partial charge in [-0.05, 0) is 63.1 Å². The van der Waals surface area contributed by atoms with Crippen LogP contribution in [0.5, 0.6) is 11.5 Å². The van der Waals surface area contributed by atoms with E-state index in [0.717, 1.165) is 49.2 Å². The van der Waals surface area contributed by atoms with Crippen molar-refractivity contribution in [2.45, 2.75) is 162 Å². The largest absolute Gasteiger partial charge is 0.488 e. The molecule has 3 nitrogen and oxygen atoms in total. The van der Waals surface area contributed by atoms with Gasteiger partial charge in [0.2, 0.25) is 0 Å². The second-order valence-corrected chi connectivity index (χ2v) is 11.5. The van der Waals surface area contributed by atoms with Crippen molar-refractivity contribution >= 4 is 5.97 Å². The third-order valence-electron chi connectivity index (χ3n) is 7.42. The Balaban J connectivity index is 1.90. The molecular weight excluding hydrogens is 432 g/mol. The lowest BCUT2D eigenvalue weighted by atomic mass is 9.84. The van der Waals surface area contributed by atoms with Crippen LogP contribution in [0, 0.1) is 0 Å². The first kappa shape index (κ1) is 29.7. The molecule has 0 saturated heterocycles. The van der Waals surface area contributed by atoms with Crippen LogP contribution < -0.4 is 9.47 Å². The number of carbonyl (C=O) groups excluding carboxylic acids is 1. The van der Waals surface area contributed by atoms with Crippen molar-refractivity contribution in [2.24, 2.45) is 0 Å². The molecule has 1 unspecified atom stereocenters. The van der Waals surface area contributed by atoms with Gasteiger partial charge in [0.25, 0.3) is 0 Å². The summed E-state index contributed by atoms with van der Waals surface area (Å²) in [5, 5.41) is 0. The van der Waals surface area contributed by atoms with Gasteiger partial charge in [0, 0.05) is 12.0 Å². The number of benzene rings is 1. The first-order chi connectivity index (χ1) is 16.9. The number of hydrogen-bond acceptors (Lipinski definition) is 3. The Kier molecular flexibility index (Phi) is 13.8. The summed E-state index contributed by atoms with van der Waals surface area (Å²) in [5.74, 6) is 2.07. The van der Waals surface area contributed by atoms with Gasteiger partial charge >= 0.3 is 5.97 Å². The molecule has 0 radical (unpaired) electrons. The Labute approximate surface area is 216 Å². The molecule has 0 N–H and O–H groups in total. The second-order valence-electron chi connectivity index (χ2n) is 11.5. The minimum atomic E-state index is -0.155. The maximum atomic E-state index is 12.7. The van der Waals surface area contributed by atoms with E-state index in [1.807, 2.05) is 0 Å². The zero-order chi connectivity index (χ0) is 25.5. The normalized spacial score (nSPS) is 16.5. The summed E-state index contributed by atoms with van der Waals surface area (Å²) in [6.45, 7) is 11.1. The van der Waals surface area contributed by atoms with Crippen LogP contribution in [0.4, 0.5) is 0 Å². The molecule has 0 aromatic heterocycles. The van der Waals surface area contributed by atoms with Gasteiger partial charge in [-0.15, -0.1) is 0 Å². The SMILES string of the molecule is CCCCCCCCCCCC(=O)Oc1cc2c(cc1CCCCCCCC)OC(C)(C)CC2C. The molecular formula is C32H54O3. The van der Waals surface area contributed by atoms with Gasteiger partial charge in [0.15, 0.2) is 0 Å². The number of carbonyl (C=O) groups is 1. The smallest absolute Gasteiger partial charge is 0.311 e. The summed E-state index contributed by atoms with van der Waals surface area (Å²) >= 11 is 0. The van der Waals surface area contributed by atoms with E-state index in [1.54, 1.807) is 0 Å². The topological polar surface area (TPSA) is 35.5 Å². The molecule has 1 aliphatic heterocycles. The van der Waals surface area contributed by atoms with Gasteiger partial charge in [0.05, 0.1) is 0 Å². The molecule has 3 heteroatoms. The minimum Gasteiger partial charge on any atom is -0.488 e. The van der Waals surface area contributed by atoms with Crippen LogP contribution in [0.3, 0.4) is 0 Å². The molecule has 0 spiro atoms. The van der Waals surface area contributed by atoms with Gasteiger partial charge in [-0.25, -0.2) is 0 Å². The predicted octanol–water partition coefficient (Wildman–Crippen LogP) is 10.1. The molecule has 0 amide bonds. The molecule has 0 aliphatic carbocycles. The predicted molar refractivity (Wildman–Crippen MR) is 149 cm³/mol. The van der Waals surface area contributed by atoms with Gasteiger partial charge in [-0.3, -0.25) is 4.79 Å². The summed E-state index contributed by atoms with van der Waals surface area (Å²) in [7, 11) is 0. The lowest BCUT2D eigenvalue weighted by Crippen LogP contribution is -2.34. The lowest BCUT2D eigenvalue weighted by Gasteiger charge is -2.37. The highest BCUT2D eigenvalue weighted by Crippen LogP contribution is 2.44. The maximum absolute atomic E-state index is 12.7. The van der Waals surface area contributed by atoms with Crippen LogP contribution in [0.1, 0.15) is 161 Å². The van der Waals surface area contributed by atoms with Crippen LogP contribution >= 0.6 is 0 Å². The fraction of sp³-hybridized carbons (Fsp3) is 0.781. The highest BCUT2D eigenvalue weighted by Gasteiger charge is 2.32. The molecule has 0 saturated carbocycles. The summed E-state index contributed by atoms with van der Waals surface area (Å²) in [4.78, 5) is 12.7. The lowest BCUT2D eigenvalue weighted by molar-refractivity contribution is -0.134. The number of rotatable bonds is 18. The highest BCUT2D eigenvalue weighted by molar-refractivity contribution is 5.73. The van der Waals surface area contributed by atoms with E-state index in [1.165, 1.54) is 82.6 Å². The molecule has 200 valence electrons. The first-order valence-corrected chi connectivity index (χ1v) is 14.9. The second kappa shape index (κ2) is 16.3. The Bertz CT molecular complexity index is 737. The van der Waals surface area contributed by atoms with E-state index < -0.39 is 0 Å². The van der Waals surface area contributed by atoms with Gasteiger partial charge in [-0.2, -0.15) is 0 Å². The van der Waals surface area contributed by atoms with E-state index in [9.17, 15) is 4.79 Å². The number of unbranched alkanes of at least 4 members (excludes halogenated alkanes) is 13. The van der Waals surface area contributed by atoms with E-state index in [-0.39, 0.29) is 11.6 Å². The van der Waals surface area contributed by atoms with Crippen LogP contribution in [0.25, 0.3) is 0 Å². The van der Waals surface area contributed by atoms with Crippen LogP contribution in [0.15, 0.2) is 12.1 Å². The first-order valence-electron chi connectivity index (χ1n) is 14.9. The van der Waals surface area contributed by atoms with E-state index in [4.69, 9.17) is 9.47 Å². The molecule has 0 fully saturated rings. The van der Waals surface area contributed by atoms with Crippen molar-refractivity contribution in [2.75, 3.05) is 0 Å². The number of aryl methyl sites for hydroxylation is 1. The number of fused-ring (bicyclic) bond motifs is 1. The third-order valence-corrected chi connectivity index (χ3v) is 7.42.